The summed E-state index contributed by atoms with van der Waals surface area (Å²) >= 11 is 0. The normalized spacial score (nSPS) is 19.7. The van der Waals surface area contributed by atoms with Gasteiger partial charge >= 0.3 is 6.03 Å². The number of amides is 3. The number of likely N-dealkylation sites (N-methyl/N-ethyl adjacent to an activating group) is 1. The fraction of sp³-hybridized carbons (Fsp3) is 0.375. The molecule has 2 N–H and O–H groups in total. The van der Waals surface area contributed by atoms with E-state index >= 15 is 0 Å². The van der Waals surface area contributed by atoms with Gasteiger partial charge in [0.2, 0.25) is 5.75 Å². The minimum Gasteiger partial charge on any atom is -0.493 e. The number of methoxy groups -OCH3 is 3. The van der Waals surface area contributed by atoms with E-state index in [0.717, 1.165) is 0 Å². The average Bonchev–Trinajstić information content (AvgIpc) is 2.86. The second kappa shape index (κ2) is 5.95. The third kappa shape index (κ3) is 2.40. The Morgan fingerprint density at radius 2 is 1.71 bits per heavy atom. The third-order valence-corrected chi connectivity index (χ3v) is 4.15. The fourth-order valence-corrected chi connectivity index (χ4v) is 3.03. The number of nitrogens with one attached hydrogen (secondary N) is 2. The van der Waals surface area contributed by atoms with Crippen LogP contribution in [0.5, 0.6) is 17.2 Å². The molecule has 2 heterocycles. The van der Waals surface area contributed by atoms with Crippen molar-refractivity contribution in [3.63, 3.8) is 0 Å². The summed E-state index contributed by atoms with van der Waals surface area (Å²) in [5, 5.41) is 5.49. The summed E-state index contributed by atoms with van der Waals surface area (Å²) in [5.74, 6) is 1.24. The minimum atomic E-state index is -0.583. The molecule has 8 nitrogen and oxygen atoms in total. The van der Waals surface area contributed by atoms with Gasteiger partial charge in [-0.05, 0) is 17.7 Å². The Bertz CT molecular complexity index is 718. The predicted molar refractivity (Wildman–Crippen MR) is 85.2 cm³/mol. The van der Waals surface area contributed by atoms with Gasteiger partial charge in [0, 0.05) is 7.05 Å². The molecule has 0 saturated heterocycles. The van der Waals surface area contributed by atoms with Crippen molar-refractivity contribution in [1.82, 2.24) is 15.5 Å². The van der Waals surface area contributed by atoms with Crippen LogP contribution in [0.4, 0.5) is 4.79 Å². The molecule has 0 fully saturated rings. The predicted octanol–water partition coefficient (Wildman–Crippen LogP) is 0.792. The first-order chi connectivity index (χ1) is 11.5. The SMILES string of the molecule is COc1cc(C2NC(=O)NC3=C2C(=O)N(C)C3)cc(OC)c1OC. The zero-order valence-corrected chi connectivity index (χ0v) is 13.9. The summed E-state index contributed by atoms with van der Waals surface area (Å²) in [4.78, 5) is 26.0. The Labute approximate surface area is 139 Å². The van der Waals surface area contributed by atoms with Gasteiger partial charge in [0.1, 0.15) is 0 Å². The van der Waals surface area contributed by atoms with Crippen LogP contribution in [0.1, 0.15) is 11.6 Å². The van der Waals surface area contributed by atoms with Crippen molar-refractivity contribution in [1.29, 1.82) is 0 Å². The van der Waals surface area contributed by atoms with Crippen LogP contribution in [0, 0.1) is 0 Å². The summed E-state index contributed by atoms with van der Waals surface area (Å²) in [6.07, 6.45) is 0. The van der Waals surface area contributed by atoms with Crippen LogP contribution in [0.2, 0.25) is 0 Å². The van der Waals surface area contributed by atoms with Crippen LogP contribution in [0.3, 0.4) is 0 Å². The molecule has 2 aliphatic heterocycles. The number of nitrogens with zero attached hydrogens (tertiary/aromatic N) is 1. The second-order valence-electron chi connectivity index (χ2n) is 5.54. The number of urea groups is 1. The molecule has 3 rings (SSSR count). The Hall–Kier alpha value is -2.90. The number of carbonyl (C=O) groups excluding carboxylic acids is 2. The number of ether oxygens (including phenoxy) is 3. The van der Waals surface area contributed by atoms with Gasteiger partial charge in [-0.25, -0.2) is 4.79 Å². The van der Waals surface area contributed by atoms with Crippen molar-refractivity contribution in [2.75, 3.05) is 34.9 Å². The molecule has 0 saturated carbocycles. The molecule has 0 aliphatic carbocycles. The lowest BCUT2D eigenvalue weighted by Gasteiger charge is -2.26. The van der Waals surface area contributed by atoms with Crippen molar-refractivity contribution in [2.45, 2.75) is 6.04 Å². The minimum absolute atomic E-state index is 0.128. The van der Waals surface area contributed by atoms with E-state index < -0.39 is 6.04 Å². The van der Waals surface area contributed by atoms with Crippen LogP contribution in [0.15, 0.2) is 23.4 Å². The molecule has 0 radical (unpaired) electrons. The topological polar surface area (TPSA) is 89.1 Å². The second-order valence-corrected chi connectivity index (χ2v) is 5.54. The lowest BCUT2D eigenvalue weighted by Crippen LogP contribution is -2.44. The number of benzene rings is 1. The van der Waals surface area contributed by atoms with Gasteiger partial charge in [-0.2, -0.15) is 0 Å². The highest BCUT2D eigenvalue weighted by molar-refractivity contribution is 6.01. The molecule has 2 aliphatic rings. The fourth-order valence-electron chi connectivity index (χ4n) is 3.03. The number of hydrogen-bond donors (Lipinski definition) is 2. The number of rotatable bonds is 4. The van der Waals surface area contributed by atoms with Crippen molar-refractivity contribution in [3.05, 3.63) is 29.0 Å². The van der Waals surface area contributed by atoms with Gasteiger partial charge < -0.3 is 29.7 Å². The molecular formula is C16H19N3O5. The number of carbonyl (C=O) groups is 2. The Morgan fingerprint density at radius 3 is 2.25 bits per heavy atom. The smallest absolute Gasteiger partial charge is 0.319 e. The highest BCUT2D eigenvalue weighted by Crippen LogP contribution is 2.42. The van der Waals surface area contributed by atoms with E-state index in [4.69, 9.17) is 14.2 Å². The summed E-state index contributed by atoms with van der Waals surface area (Å²) in [6, 6.07) is 2.53. The maximum Gasteiger partial charge on any atom is 0.319 e. The first kappa shape index (κ1) is 16.0. The van der Waals surface area contributed by atoms with E-state index in [0.29, 0.717) is 40.6 Å². The molecule has 1 aromatic rings. The van der Waals surface area contributed by atoms with Gasteiger partial charge in [0.05, 0.1) is 45.2 Å². The van der Waals surface area contributed by atoms with E-state index in [2.05, 4.69) is 10.6 Å². The standard InChI is InChI=1S/C16H19N3O5/c1-19-7-9-12(15(19)20)13(18-16(21)17-9)8-5-10(22-2)14(24-4)11(6-8)23-3/h5-6,13H,7H2,1-4H3,(H2,17,18,21). The highest BCUT2D eigenvalue weighted by atomic mass is 16.5. The molecular weight excluding hydrogens is 314 g/mol. The summed E-state index contributed by atoms with van der Waals surface area (Å²) in [6.45, 7) is 0.377. The molecule has 8 heteroatoms. The first-order valence-electron chi connectivity index (χ1n) is 7.36. The van der Waals surface area contributed by atoms with Crippen LogP contribution < -0.4 is 24.8 Å². The van der Waals surface area contributed by atoms with E-state index in [9.17, 15) is 9.59 Å². The van der Waals surface area contributed by atoms with E-state index in [1.165, 1.54) is 21.3 Å². The van der Waals surface area contributed by atoms with Gasteiger partial charge in [-0.15, -0.1) is 0 Å². The van der Waals surface area contributed by atoms with Crippen LogP contribution in [0.25, 0.3) is 0 Å². The maximum absolute atomic E-state index is 12.5. The molecule has 1 aromatic carbocycles. The molecule has 128 valence electrons. The monoisotopic (exact) mass is 333 g/mol. The lowest BCUT2D eigenvalue weighted by molar-refractivity contribution is -0.124. The van der Waals surface area contributed by atoms with Crippen LogP contribution in [-0.2, 0) is 4.79 Å². The Balaban J connectivity index is 2.12. The van der Waals surface area contributed by atoms with E-state index in [1.54, 1.807) is 24.1 Å². The van der Waals surface area contributed by atoms with Gasteiger partial charge in [-0.1, -0.05) is 0 Å². The zero-order chi connectivity index (χ0) is 17.4. The molecule has 0 spiro atoms. The van der Waals surface area contributed by atoms with E-state index in [1.807, 2.05) is 0 Å². The van der Waals surface area contributed by atoms with Gasteiger partial charge in [0.25, 0.3) is 5.91 Å². The third-order valence-electron chi connectivity index (χ3n) is 4.15. The highest BCUT2D eigenvalue weighted by Gasteiger charge is 2.39. The molecule has 0 aromatic heterocycles. The maximum atomic E-state index is 12.5. The van der Waals surface area contributed by atoms with Gasteiger partial charge in [0.15, 0.2) is 11.5 Å². The summed E-state index contributed by atoms with van der Waals surface area (Å²) in [5.41, 5.74) is 1.81. The quantitative estimate of drug-likeness (QED) is 0.850. The summed E-state index contributed by atoms with van der Waals surface area (Å²) < 4.78 is 16.0. The average molecular weight is 333 g/mol. The molecule has 1 unspecified atom stereocenters. The first-order valence-corrected chi connectivity index (χ1v) is 7.36. The largest absolute Gasteiger partial charge is 0.493 e. The molecule has 24 heavy (non-hydrogen) atoms. The van der Waals surface area contributed by atoms with Gasteiger partial charge in [-0.3, -0.25) is 4.79 Å². The molecule has 3 amide bonds. The van der Waals surface area contributed by atoms with Crippen molar-refractivity contribution < 1.29 is 23.8 Å². The van der Waals surface area contributed by atoms with Crippen molar-refractivity contribution in [3.8, 4) is 17.2 Å². The summed E-state index contributed by atoms with van der Waals surface area (Å²) in [7, 11) is 6.24. The van der Waals surface area contributed by atoms with Crippen LogP contribution in [-0.4, -0.2) is 51.8 Å². The number of hydrogen-bond acceptors (Lipinski definition) is 5. The Morgan fingerprint density at radius 1 is 1.08 bits per heavy atom. The molecule has 0 bridgehead atoms. The lowest BCUT2D eigenvalue weighted by atomic mass is 9.95. The van der Waals surface area contributed by atoms with Crippen molar-refractivity contribution >= 4 is 11.9 Å². The molecule has 1 atom stereocenters. The zero-order valence-electron chi connectivity index (χ0n) is 13.9. The van der Waals surface area contributed by atoms with Crippen LogP contribution >= 0.6 is 0 Å². The van der Waals surface area contributed by atoms with E-state index in [-0.39, 0.29) is 11.9 Å². The van der Waals surface area contributed by atoms with Crippen molar-refractivity contribution in [2.24, 2.45) is 0 Å². The Kier molecular flexibility index (Phi) is 3.96.